The molecule has 0 aromatic carbocycles. The maximum absolute atomic E-state index is 8.66. The van der Waals surface area contributed by atoms with Crippen LogP contribution in [0.4, 0.5) is 0 Å². The second-order valence-electron chi connectivity index (χ2n) is 2.60. The summed E-state index contributed by atoms with van der Waals surface area (Å²) < 4.78 is 2.48. The molecule has 4 nitrogen and oxygen atoms in total. The maximum atomic E-state index is 8.66. The normalized spacial score (nSPS) is 9.71. The van der Waals surface area contributed by atoms with Crippen LogP contribution in [0.2, 0.25) is 0 Å². The van der Waals surface area contributed by atoms with Gasteiger partial charge in [0.15, 0.2) is 5.82 Å². The Morgan fingerprint density at radius 3 is 2.93 bits per heavy atom. The van der Waals surface area contributed by atoms with E-state index in [-0.39, 0.29) is 0 Å². The SMILES string of the molecule is N#Cc1cccc(-n2cc(Br)cn2)n1. The number of aromatic nitrogens is 3. The van der Waals surface area contributed by atoms with Gasteiger partial charge in [0.2, 0.25) is 0 Å². The van der Waals surface area contributed by atoms with Gasteiger partial charge in [-0.15, -0.1) is 0 Å². The highest BCUT2D eigenvalue weighted by molar-refractivity contribution is 9.10. The minimum absolute atomic E-state index is 0.383. The van der Waals surface area contributed by atoms with Crippen LogP contribution in [0.15, 0.2) is 35.1 Å². The number of nitrogens with zero attached hydrogens (tertiary/aromatic N) is 4. The molecule has 2 aromatic heterocycles. The summed E-state index contributed by atoms with van der Waals surface area (Å²) in [6.45, 7) is 0. The fourth-order valence-corrected chi connectivity index (χ4v) is 1.32. The molecule has 68 valence electrons. The van der Waals surface area contributed by atoms with Crippen molar-refractivity contribution in [3.63, 3.8) is 0 Å². The molecule has 0 unspecified atom stereocenters. The standard InChI is InChI=1S/C9H5BrN4/c10-7-5-12-14(6-7)9-3-1-2-8(4-11)13-9/h1-3,5-6H. The van der Waals surface area contributed by atoms with E-state index in [1.54, 1.807) is 35.3 Å². The molecule has 2 aromatic rings. The van der Waals surface area contributed by atoms with E-state index in [1.165, 1.54) is 0 Å². The maximum Gasteiger partial charge on any atom is 0.154 e. The number of rotatable bonds is 1. The summed E-state index contributed by atoms with van der Waals surface area (Å²) in [6.07, 6.45) is 3.45. The number of hydrogen-bond donors (Lipinski definition) is 0. The zero-order valence-corrected chi connectivity index (χ0v) is 8.64. The zero-order chi connectivity index (χ0) is 9.97. The summed E-state index contributed by atoms with van der Waals surface area (Å²) in [5.74, 6) is 0.634. The fourth-order valence-electron chi connectivity index (χ4n) is 1.04. The minimum Gasteiger partial charge on any atom is -0.221 e. The predicted molar refractivity (Wildman–Crippen MR) is 53.8 cm³/mol. The van der Waals surface area contributed by atoms with Crippen molar-refractivity contribution in [1.82, 2.24) is 14.8 Å². The molecule has 5 heteroatoms. The van der Waals surface area contributed by atoms with E-state index in [1.807, 2.05) is 6.07 Å². The van der Waals surface area contributed by atoms with Crippen LogP contribution < -0.4 is 0 Å². The molecule has 0 fully saturated rings. The molecule has 0 radical (unpaired) electrons. The van der Waals surface area contributed by atoms with Crippen LogP contribution in [0.3, 0.4) is 0 Å². The van der Waals surface area contributed by atoms with E-state index in [0.29, 0.717) is 11.5 Å². The van der Waals surface area contributed by atoms with Gasteiger partial charge in [0.1, 0.15) is 11.8 Å². The first-order valence-corrected chi connectivity index (χ1v) is 4.66. The molecule has 0 amide bonds. The molecule has 0 aliphatic carbocycles. The third-order valence-corrected chi connectivity index (χ3v) is 2.04. The number of hydrogen-bond acceptors (Lipinski definition) is 3. The van der Waals surface area contributed by atoms with Crippen molar-refractivity contribution >= 4 is 15.9 Å². The molecule has 0 saturated heterocycles. The molecule has 0 aliphatic heterocycles. The lowest BCUT2D eigenvalue weighted by Gasteiger charge is -1.98. The lowest BCUT2D eigenvalue weighted by molar-refractivity contribution is 0.844. The average molecular weight is 249 g/mol. The molecular formula is C9H5BrN4. The van der Waals surface area contributed by atoms with Crippen LogP contribution in [0.1, 0.15) is 5.69 Å². The Morgan fingerprint density at radius 1 is 1.43 bits per heavy atom. The van der Waals surface area contributed by atoms with Gasteiger partial charge >= 0.3 is 0 Å². The molecule has 2 rings (SSSR count). The van der Waals surface area contributed by atoms with E-state index >= 15 is 0 Å². The van der Waals surface area contributed by atoms with Crippen molar-refractivity contribution in [2.45, 2.75) is 0 Å². The van der Waals surface area contributed by atoms with Gasteiger partial charge in [-0.1, -0.05) is 6.07 Å². The summed E-state index contributed by atoms with van der Waals surface area (Å²) in [6, 6.07) is 7.20. The van der Waals surface area contributed by atoms with E-state index in [9.17, 15) is 0 Å². The minimum atomic E-state index is 0.383. The molecule has 0 aliphatic rings. The van der Waals surface area contributed by atoms with E-state index in [4.69, 9.17) is 5.26 Å². The monoisotopic (exact) mass is 248 g/mol. The highest BCUT2D eigenvalue weighted by Crippen LogP contribution is 2.10. The number of pyridine rings is 1. The first-order valence-electron chi connectivity index (χ1n) is 3.87. The van der Waals surface area contributed by atoms with Crippen LogP contribution >= 0.6 is 15.9 Å². The van der Waals surface area contributed by atoms with Crippen molar-refractivity contribution in [1.29, 1.82) is 5.26 Å². The smallest absolute Gasteiger partial charge is 0.154 e. The highest BCUT2D eigenvalue weighted by atomic mass is 79.9. The number of halogens is 1. The van der Waals surface area contributed by atoms with Crippen molar-refractivity contribution < 1.29 is 0 Å². The largest absolute Gasteiger partial charge is 0.221 e. The molecular weight excluding hydrogens is 244 g/mol. The van der Waals surface area contributed by atoms with Gasteiger partial charge in [-0.2, -0.15) is 10.4 Å². The van der Waals surface area contributed by atoms with E-state index in [0.717, 1.165) is 4.47 Å². The Bertz CT molecular complexity index is 498. The third-order valence-electron chi connectivity index (χ3n) is 1.63. The van der Waals surface area contributed by atoms with E-state index < -0.39 is 0 Å². The van der Waals surface area contributed by atoms with Gasteiger partial charge in [-0.05, 0) is 28.1 Å². The van der Waals surface area contributed by atoms with Crippen LogP contribution in [0, 0.1) is 11.3 Å². The van der Waals surface area contributed by atoms with Gasteiger partial charge < -0.3 is 0 Å². The summed E-state index contributed by atoms with van der Waals surface area (Å²) in [5, 5.41) is 12.7. The Balaban J connectivity index is 2.47. The summed E-state index contributed by atoms with van der Waals surface area (Å²) in [5.41, 5.74) is 0.383. The van der Waals surface area contributed by atoms with Gasteiger partial charge in [0.05, 0.1) is 10.7 Å². The average Bonchev–Trinajstić information content (AvgIpc) is 2.65. The first-order chi connectivity index (χ1) is 6.79. The quantitative estimate of drug-likeness (QED) is 0.775. The Hall–Kier alpha value is -1.67. The van der Waals surface area contributed by atoms with E-state index in [2.05, 4.69) is 26.0 Å². The van der Waals surface area contributed by atoms with Gasteiger partial charge in [-0.25, -0.2) is 9.67 Å². The Kier molecular flexibility index (Phi) is 2.29. The van der Waals surface area contributed by atoms with Crippen LogP contribution in [0.5, 0.6) is 0 Å². The third kappa shape index (κ3) is 1.65. The topological polar surface area (TPSA) is 54.5 Å². The summed E-state index contributed by atoms with van der Waals surface area (Å²) in [7, 11) is 0. The Labute approximate surface area is 88.9 Å². The van der Waals surface area contributed by atoms with Crippen molar-refractivity contribution in [3.05, 3.63) is 40.8 Å². The predicted octanol–water partition coefficient (Wildman–Crippen LogP) is 1.90. The lowest BCUT2D eigenvalue weighted by atomic mass is 10.4. The molecule has 0 atom stereocenters. The second-order valence-corrected chi connectivity index (χ2v) is 3.51. The highest BCUT2D eigenvalue weighted by Gasteiger charge is 2.00. The molecule has 2 heterocycles. The molecule has 0 saturated carbocycles. The van der Waals surface area contributed by atoms with Crippen LogP contribution in [0.25, 0.3) is 5.82 Å². The summed E-state index contributed by atoms with van der Waals surface area (Å²) in [4.78, 5) is 4.09. The Morgan fingerprint density at radius 2 is 2.29 bits per heavy atom. The van der Waals surface area contributed by atoms with Crippen LogP contribution in [-0.4, -0.2) is 14.8 Å². The first kappa shape index (κ1) is 8.91. The molecule has 0 N–H and O–H groups in total. The second kappa shape index (κ2) is 3.60. The van der Waals surface area contributed by atoms with Crippen molar-refractivity contribution in [2.24, 2.45) is 0 Å². The van der Waals surface area contributed by atoms with Crippen molar-refractivity contribution in [3.8, 4) is 11.9 Å². The van der Waals surface area contributed by atoms with Crippen molar-refractivity contribution in [2.75, 3.05) is 0 Å². The number of nitriles is 1. The van der Waals surface area contributed by atoms with Gasteiger partial charge in [0, 0.05) is 6.20 Å². The van der Waals surface area contributed by atoms with Crippen LogP contribution in [-0.2, 0) is 0 Å². The fraction of sp³-hybridized carbons (Fsp3) is 0. The van der Waals surface area contributed by atoms with Gasteiger partial charge in [-0.3, -0.25) is 0 Å². The molecule has 14 heavy (non-hydrogen) atoms. The molecule has 0 spiro atoms. The summed E-state index contributed by atoms with van der Waals surface area (Å²) >= 11 is 3.29. The zero-order valence-electron chi connectivity index (χ0n) is 7.05. The molecule has 0 bridgehead atoms. The lowest BCUT2D eigenvalue weighted by Crippen LogP contribution is -1.98. The van der Waals surface area contributed by atoms with Gasteiger partial charge in [0.25, 0.3) is 0 Å².